The topological polar surface area (TPSA) is 20.3 Å². The van der Waals surface area contributed by atoms with Gasteiger partial charge in [0.2, 0.25) is 0 Å². The molecule has 2 heteroatoms. The zero-order valence-electron chi connectivity index (χ0n) is 13.5. The maximum absolute atomic E-state index is 11.9. The van der Waals surface area contributed by atoms with Crippen LogP contribution in [0.2, 0.25) is 0 Å². The van der Waals surface area contributed by atoms with Gasteiger partial charge in [0.1, 0.15) is 5.78 Å². The Hall–Kier alpha value is -0.370. The van der Waals surface area contributed by atoms with E-state index in [2.05, 4.69) is 25.8 Å². The number of unbranched alkanes of at least 4 members (excludes halogenated alkanes) is 4. The minimum Gasteiger partial charge on any atom is -0.298 e. The first kappa shape index (κ1) is 16.7. The fourth-order valence-corrected chi connectivity index (χ4v) is 3.76. The predicted molar refractivity (Wildman–Crippen MR) is 82.4 cm³/mol. The van der Waals surface area contributed by atoms with Crippen molar-refractivity contribution in [2.24, 2.45) is 5.92 Å². The highest BCUT2D eigenvalue weighted by Gasteiger charge is 2.40. The molecular formula is C17H33NO. The van der Waals surface area contributed by atoms with Crippen molar-refractivity contribution in [3.05, 3.63) is 0 Å². The summed E-state index contributed by atoms with van der Waals surface area (Å²) in [5.41, 5.74) is 0. The summed E-state index contributed by atoms with van der Waals surface area (Å²) in [6.45, 7) is 6.28. The molecule has 0 radical (unpaired) electrons. The molecule has 1 aliphatic heterocycles. The lowest BCUT2D eigenvalue weighted by Gasteiger charge is -2.25. The third-order valence-electron chi connectivity index (χ3n) is 4.75. The Morgan fingerprint density at radius 1 is 1.05 bits per heavy atom. The molecule has 0 amide bonds. The highest BCUT2D eigenvalue weighted by molar-refractivity contribution is 5.82. The Kier molecular flexibility index (Phi) is 7.67. The van der Waals surface area contributed by atoms with E-state index >= 15 is 0 Å². The second kappa shape index (κ2) is 8.73. The number of ketones is 1. The van der Waals surface area contributed by atoms with Crippen LogP contribution in [0.4, 0.5) is 0 Å². The molecule has 3 atom stereocenters. The second-order valence-corrected chi connectivity index (χ2v) is 6.36. The number of hydrogen-bond acceptors (Lipinski definition) is 2. The van der Waals surface area contributed by atoms with Crippen molar-refractivity contribution in [3.8, 4) is 0 Å². The van der Waals surface area contributed by atoms with Crippen molar-refractivity contribution in [3.63, 3.8) is 0 Å². The molecule has 2 nitrogen and oxygen atoms in total. The van der Waals surface area contributed by atoms with Crippen LogP contribution in [-0.2, 0) is 4.79 Å². The average Bonchev–Trinajstić information content (AvgIpc) is 2.66. The summed E-state index contributed by atoms with van der Waals surface area (Å²) in [6, 6.07) is 0.835. The molecule has 0 aliphatic carbocycles. The van der Waals surface area contributed by atoms with Gasteiger partial charge < -0.3 is 0 Å². The van der Waals surface area contributed by atoms with E-state index in [1.807, 2.05) is 0 Å². The summed E-state index contributed by atoms with van der Waals surface area (Å²) in [7, 11) is 2.16. The molecule has 0 saturated carbocycles. The predicted octanol–water partition coefficient (Wildman–Crippen LogP) is 4.42. The van der Waals surface area contributed by atoms with Gasteiger partial charge in [0, 0.05) is 6.04 Å². The van der Waals surface area contributed by atoms with Gasteiger partial charge in [-0.25, -0.2) is 0 Å². The summed E-state index contributed by atoms with van der Waals surface area (Å²) in [6.07, 6.45) is 11.6. The summed E-state index contributed by atoms with van der Waals surface area (Å²) in [5, 5.41) is 0. The Labute approximate surface area is 119 Å². The summed E-state index contributed by atoms with van der Waals surface area (Å²) >= 11 is 0. The maximum atomic E-state index is 11.9. The monoisotopic (exact) mass is 267 g/mol. The Morgan fingerprint density at radius 3 is 2.32 bits per heavy atom. The van der Waals surface area contributed by atoms with Crippen LogP contribution >= 0.6 is 0 Å². The number of nitrogens with zero attached hydrogens (tertiary/aromatic N) is 1. The minimum atomic E-state index is 0.197. The van der Waals surface area contributed by atoms with Crippen LogP contribution in [0.15, 0.2) is 0 Å². The molecule has 1 fully saturated rings. The van der Waals surface area contributed by atoms with Crippen molar-refractivity contribution in [1.29, 1.82) is 0 Å². The van der Waals surface area contributed by atoms with Crippen LogP contribution < -0.4 is 0 Å². The van der Waals surface area contributed by atoms with Crippen molar-refractivity contribution in [1.82, 2.24) is 4.90 Å². The summed E-state index contributed by atoms with van der Waals surface area (Å²) in [4.78, 5) is 14.3. The van der Waals surface area contributed by atoms with Gasteiger partial charge in [-0.1, -0.05) is 52.4 Å². The first-order chi connectivity index (χ1) is 9.11. The van der Waals surface area contributed by atoms with Gasteiger partial charge in [0.05, 0.1) is 6.04 Å². The smallest absolute Gasteiger partial charge is 0.147 e. The van der Waals surface area contributed by atoms with E-state index in [4.69, 9.17) is 0 Å². The molecule has 0 bridgehead atoms. The highest BCUT2D eigenvalue weighted by Crippen LogP contribution is 2.34. The van der Waals surface area contributed by atoms with E-state index in [1.54, 1.807) is 6.92 Å². The van der Waals surface area contributed by atoms with Gasteiger partial charge in [-0.2, -0.15) is 0 Å². The number of Topliss-reactive ketones (excluding diaryl/α,β-unsaturated/α-hetero) is 1. The molecule has 1 aliphatic rings. The van der Waals surface area contributed by atoms with E-state index in [0.29, 0.717) is 17.7 Å². The minimum absolute atomic E-state index is 0.197. The molecule has 0 aromatic heterocycles. The second-order valence-electron chi connectivity index (χ2n) is 6.36. The van der Waals surface area contributed by atoms with Gasteiger partial charge in [-0.05, 0) is 39.2 Å². The van der Waals surface area contributed by atoms with Crippen molar-refractivity contribution >= 4 is 5.78 Å². The van der Waals surface area contributed by atoms with Crippen LogP contribution in [0.25, 0.3) is 0 Å². The van der Waals surface area contributed by atoms with E-state index in [-0.39, 0.29) is 6.04 Å². The van der Waals surface area contributed by atoms with Crippen LogP contribution in [0.1, 0.15) is 78.6 Å². The van der Waals surface area contributed by atoms with Crippen LogP contribution in [0.5, 0.6) is 0 Å². The number of likely N-dealkylation sites (tertiary alicyclic amines) is 1. The Bertz CT molecular complexity index is 264. The Balaban J connectivity index is 2.43. The van der Waals surface area contributed by atoms with Gasteiger partial charge >= 0.3 is 0 Å². The first-order valence-corrected chi connectivity index (χ1v) is 8.34. The fraction of sp³-hybridized carbons (Fsp3) is 0.941. The van der Waals surface area contributed by atoms with Crippen molar-refractivity contribution in [2.45, 2.75) is 90.6 Å². The fourth-order valence-electron chi connectivity index (χ4n) is 3.76. The Morgan fingerprint density at radius 2 is 1.74 bits per heavy atom. The van der Waals surface area contributed by atoms with Gasteiger partial charge in [-0.15, -0.1) is 0 Å². The van der Waals surface area contributed by atoms with Crippen LogP contribution in [-0.4, -0.2) is 29.8 Å². The summed E-state index contributed by atoms with van der Waals surface area (Å²) in [5.74, 6) is 0.986. The van der Waals surface area contributed by atoms with Gasteiger partial charge in [-0.3, -0.25) is 9.69 Å². The average molecular weight is 267 g/mol. The molecule has 1 saturated heterocycles. The number of hydrogen-bond donors (Lipinski definition) is 0. The number of carbonyl (C=O) groups excluding carboxylic acids is 1. The molecule has 1 heterocycles. The SMILES string of the molecule is CCCCCCCC1CC(CCC)N(C)C1C(C)=O. The molecule has 0 aromatic carbocycles. The number of carbonyl (C=O) groups is 1. The highest BCUT2D eigenvalue weighted by atomic mass is 16.1. The molecule has 1 rings (SSSR count). The van der Waals surface area contributed by atoms with Gasteiger partial charge in [0.25, 0.3) is 0 Å². The van der Waals surface area contributed by atoms with Crippen LogP contribution in [0, 0.1) is 5.92 Å². The molecule has 0 aromatic rings. The lowest BCUT2D eigenvalue weighted by Crippen LogP contribution is -2.39. The van der Waals surface area contributed by atoms with E-state index in [9.17, 15) is 4.79 Å². The molecule has 0 spiro atoms. The zero-order chi connectivity index (χ0) is 14.3. The van der Waals surface area contributed by atoms with E-state index in [0.717, 1.165) is 0 Å². The number of rotatable bonds is 9. The third kappa shape index (κ3) is 4.91. The molecular weight excluding hydrogens is 234 g/mol. The van der Waals surface area contributed by atoms with Gasteiger partial charge in [0.15, 0.2) is 0 Å². The van der Waals surface area contributed by atoms with E-state index < -0.39 is 0 Å². The zero-order valence-corrected chi connectivity index (χ0v) is 13.5. The van der Waals surface area contributed by atoms with Crippen LogP contribution in [0.3, 0.4) is 0 Å². The van der Waals surface area contributed by atoms with Crippen molar-refractivity contribution < 1.29 is 4.79 Å². The quantitative estimate of drug-likeness (QED) is 0.576. The third-order valence-corrected chi connectivity index (χ3v) is 4.75. The normalized spacial score (nSPS) is 27.9. The largest absolute Gasteiger partial charge is 0.298 e. The number of likely N-dealkylation sites (N-methyl/N-ethyl adjacent to an activating group) is 1. The molecule has 0 N–H and O–H groups in total. The first-order valence-electron chi connectivity index (χ1n) is 8.34. The lowest BCUT2D eigenvalue weighted by molar-refractivity contribution is -0.122. The molecule has 3 unspecified atom stereocenters. The molecule has 19 heavy (non-hydrogen) atoms. The van der Waals surface area contributed by atoms with E-state index in [1.165, 1.54) is 57.8 Å². The maximum Gasteiger partial charge on any atom is 0.147 e. The lowest BCUT2D eigenvalue weighted by atomic mass is 9.90. The standard InChI is InChI=1S/C17H33NO/c1-5-7-8-9-10-12-15-13-16(11-6-2)18(4)17(15)14(3)19/h15-17H,5-13H2,1-4H3. The summed E-state index contributed by atoms with van der Waals surface area (Å²) < 4.78 is 0. The molecule has 112 valence electrons. The van der Waals surface area contributed by atoms with Crippen molar-refractivity contribution in [2.75, 3.05) is 7.05 Å².